The molecule has 0 radical (unpaired) electrons. The molecule has 0 aliphatic carbocycles. The maximum atomic E-state index is 11.8. The molecule has 2 aromatic rings. The zero-order chi connectivity index (χ0) is 14.2. The highest BCUT2D eigenvalue weighted by Gasteiger charge is 2.04. The molecule has 20 heavy (non-hydrogen) atoms. The molecule has 0 unspecified atom stereocenters. The van der Waals surface area contributed by atoms with E-state index in [0.717, 1.165) is 11.5 Å². The first kappa shape index (κ1) is 13.9. The van der Waals surface area contributed by atoms with Crippen molar-refractivity contribution in [1.29, 1.82) is 0 Å². The second-order valence-corrected chi connectivity index (χ2v) is 4.15. The molecule has 4 heteroatoms. The summed E-state index contributed by atoms with van der Waals surface area (Å²) >= 11 is 0. The molecule has 1 amide bonds. The molecule has 0 saturated heterocycles. The van der Waals surface area contributed by atoms with E-state index in [1.165, 1.54) is 0 Å². The highest BCUT2D eigenvalue weighted by molar-refractivity contribution is 5.94. The normalized spacial score (nSPS) is 9.85. The fourth-order valence-corrected chi connectivity index (χ4v) is 1.69. The number of carbonyl (C=O) groups is 1. The van der Waals surface area contributed by atoms with E-state index in [9.17, 15) is 4.79 Å². The number of para-hydroxylation sites is 1. The lowest BCUT2D eigenvalue weighted by Crippen LogP contribution is -2.28. The Balaban J connectivity index is 1.74. The molecule has 0 aromatic heterocycles. The summed E-state index contributed by atoms with van der Waals surface area (Å²) in [5.74, 6) is 1.41. The zero-order valence-corrected chi connectivity index (χ0v) is 11.3. The van der Waals surface area contributed by atoms with E-state index in [0.29, 0.717) is 18.7 Å². The van der Waals surface area contributed by atoms with Crippen molar-refractivity contribution in [3.8, 4) is 11.5 Å². The van der Waals surface area contributed by atoms with Gasteiger partial charge in [-0.25, -0.2) is 0 Å². The van der Waals surface area contributed by atoms with Crippen LogP contribution < -0.4 is 14.8 Å². The summed E-state index contributed by atoms with van der Waals surface area (Å²) in [7, 11) is 1.59. The SMILES string of the molecule is COc1ccc(C(=O)NCCOc2ccccc2)cc1. The summed E-state index contributed by atoms with van der Waals surface area (Å²) in [6.45, 7) is 0.895. The third-order valence-electron chi connectivity index (χ3n) is 2.75. The summed E-state index contributed by atoms with van der Waals surface area (Å²) in [4.78, 5) is 11.8. The molecule has 0 aliphatic rings. The van der Waals surface area contributed by atoms with Crippen molar-refractivity contribution in [1.82, 2.24) is 5.32 Å². The Bertz CT molecular complexity index is 537. The first-order valence-electron chi connectivity index (χ1n) is 6.39. The minimum absolute atomic E-state index is 0.121. The number of nitrogens with one attached hydrogen (secondary N) is 1. The van der Waals surface area contributed by atoms with Crippen LogP contribution in [-0.2, 0) is 0 Å². The molecular formula is C16H17NO3. The number of hydrogen-bond donors (Lipinski definition) is 1. The summed E-state index contributed by atoms with van der Waals surface area (Å²) in [5.41, 5.74) is 0.602. The van der Waals surface area contributed by atoms with Gasteiger partial charge in [0, 0.05) is 5.56 Å². The molecule has 0 aliphatic heterocycles. The van der Waals surface area contributed by atoms with Crippen LogP contribution in [0.15, 0.2) is 54.6 Å². The zero-order valence-electron chi connectivity index (χ0n) is 11.3. The molecule has 0 fully saturated rings. The number of amides is 1. The maximum Gasteiger partial charge on any atom is 0.251 e. The molecule has 0 spiro atoms. The molecule has 104 valence electrons. The van der Waals surface area contributed by atoms with Crippen molar-refractivity contribution in [2.75, 3.05) is 20.3 Å². The van der Waals surface area contributed by atoms with E-state index in [4.69, 9.17) is 9.47 Å². The standard InChI is InChI=1S/C16H17NO3/c1-19-14-9-7-13(8-10-14)16(18)17-11-12-20-15-5-3-2-4-6-15/h2-10H,11-12H2,1H3,(H,17,18). The number of methoxy groups -OCH3 is 1. The average Bonchev–Trinajstić information content (AvgIpc) is 2.52. The number of hydrogen-bond acceptors (Lipinski definition) is 3. The van der Waals surface area contributed by atoms with Gasteiger partial charge in [-0.2, -0.15) is 0 Å². The second kappa shape index (κ2) is 7.19. The van der Waals surface area contributed by atoms with E-state index in [1.807, 2.05) is 30.3 Å². The molecule has 4 nitrogen and oxygen atoms in total. The van der Waals surface area contributed by atoms with Gasteiger partial charge in [0.25, 0.3) is 5.91 Å². The van der Waals surface area contributed by atoms with Gasteiger partial charge in [-0.15, -0.1) is 0 Å². The van der Waals surface area contributed by atoms with E-state index in [-0.39, 0.29) is 5.91 Å². The van der Waals surface area contributed by atoms with Crippen LogP contribution >= 0.6 is 0 Å². The van der Waals surface area contributed by atoms with Crippen LogP contribution in [0.5, 0.6) is 11.5 Å². The smallest absolute Gasteiger partial charge is 0.251 e. The van der Waals surface area contributed by atoms with Gasteiger partial charge < -0.3 is 14.8 Å². The van der Waals surface area contributed by atoms with Crippen molar-refractivity contribution in [3.63, 3.8) is 0 Å². The first-order chi connectivity index (χ1) is 9.79. The number of carbonyl (C=O) groups excluding carboxylic acids is 1. The van der Waals surface area contributed by atoms with Crippen molar-refractivity contribution in [2.45, 2.75) is 0 Å². The molecule has 0 heterocycles. The van der Waals surface area contributed by atoms with Gasteiger partial charge in [0.1, 0.15) is 18.1 Å². The van der Waals surface area contributed by atoms with Crippen molar-refractivity contribution >= 4 is 5.91 Å². The minimum atomic E-state index is -0.121. The fourth-order valence-electron chi connectivity index (χ4n) is 1.69. The summed E-state index contributed by atoms with van der Waals surface area (Å²) in [6, 6.07) is 16.5. The predicted molar refractivity (Wildman–Crippen MR) is 77.3 cm³/mol. The highest BCUT2D eigenvalue weighted by Crippen LogP contribution is 2.11. The number of benzene rings is 2. The number of ether oxygens (including phenoxy) is 2. The Morgan fingerprint density at radius 1 is 1.00 bits per heavy atom. The lowest BCUT2D eigenvalue weighted by atomic mass is 10.2. The molecule has 0 atom stereocenters. The average molecular weight is 271 g/mol. The predicted octanol–water partition coefficient (Wildman–Crippen LogP) is 2.50. The lowest BCUT2D eigenvalue weighted by molar-refractivity contribution is 0.0947. The molecule has 1 N–H and O–H groups in total. The van der Waals surface area contributed by atoms with Crippen LogP contribution in [0.1, 0.15) is 10.4 Å². The van der Waals surface area contributed by atoms with Gasteiger partial charge >= 0.3 is 0 Å². The Morgan fingerprint density at radius 2 is 1.70 bits per heavy atom. The molecule has 2 aromatic carbocycles. The largest absolute Gasteiger partial charge is 0.497 e. The van der Waals surface area contributed by atoms with Crippen molar-refractivity contribution < 1.29 is 14.3 Å². The third kappa shape index (κ3) is 4.02. The Morgan fingerprint density at radius 3 is 2.35 bits per heavy atom. The fraction of sp³-hybridized carbons (Fsp3) is 0.188. The van der Waals surface area contributed by atoms with Gasteiger partial charge in [-0.05, 0) is 36.4 Å². The molecule has 2 rings (SSSR count). The van der Waals surface area contributed by atoms with Crippen LogP contribution in [-0.4, -0.2) is 26.2 Å². The van der Waals surface area contributed by atoms with Gasteiger partial charge in [-0.1, -0.05) is 18.2 Å². The molecule has 0 bridgehead atoms. The minimum Gasteiger partial charge on any atom is -0.497 e. The number of rotatable bonds is 6. The van der Waals surface area contributed by atoms with E-state index in [1.54, 1.807) is 31.4 Å². The molecule has 0 saturated carbocycles. The summed E-state index contributed by atoms with van der Waals surface area (Å²) < 4.78 is 10.5. The van der Waals surface area contributed by atoms with Crippen LogP contribution in [0, 0.1) is 0 Å². The maximum absolute atomic E-state index is 11.8. The van der Waals surface area contributed by atoms with Crippen LogP contribution in [0.4, 0.5) is 0 Å². The van der Waals surface area contributed by atoms with E-state index < -0.39 is 0 Å². The lowest BCUT2D eigenvalue weighted by Gasteiger charge is -2.08. The first-order valence-corrected chi connectivity index (χ1v) is 6.39. The van der Waals surface area contributed by atoms with Gasteiger partial charge in [0.05, 0.1) is 13.7 Å². The quantitative estimate of drug-likeness (QED) is 0.821. The van der Waals surface area contributed by atoms with Crippen LogP contribution in [0.25, 0.3) is 0 Å². The van der Waals surface area contributed by atoms with Gasteiger partial charge in [0.2, 0.25) is 0 Å². The van der Waals surface area contributed by atoms with Crippen molar-refractivity contribution in [2.24, 2.45) is 0 Å². The topological polar surface area (TPSA) is 47.6 Å². The van der Waals surface area contributed by atoms with Gasteiger partial charge in [-0.3, -0.25) is 4.79 Å². The van der Waals surface area contributed by atoms with Gasteiger partial charge in [0.15, 0.2) is 0 Å². The van der Waals surface area contributed by atoms with E-state index >= 15 is 0 Å². The van der Waals surface area contributed by atoms with Crippen LogP contribution in [0.2, 0.25) is 0 Å². The second-order valence-electron chi connectivity index (χ2n) is 4.15. The highest BCUT2D eigenvalue weighted by atomic mass is 16.5. The van der Waals surface area contributed by atoms with Crippen LogP contribution in [0.3, 0.4) is 0 Å². The van der Waals surface area contributed by atoms with Crippen molar-refractivity contribution in [3.05, 3.63) is 60.2 Å². The molecular weight excluding hydrogens is 254 g/mol. The summed E-state index contributed by atoms with van der Waals surface area (Å²) in [5, 5.41) is 2.80. The monoisotopic (exact) mass is 271 g/mol. The Hall–Kier alpha value is -2.49. The summed E-state index contributed by atoms with van der Waals surface area (Å²) in [6.07, 6.45) is 0. The Kier molecular flexibility index (Phi) is 5.00. The Labute approximate surface area is 118 Å². The third-order valence-corrected chi connectivity index (χ3v) is 2.75. The van der Waals surface area contributed by atoms with E-state index in [2.05, 4.69) is 5.32 Å².